The third-order valence-electron chi connectivity index (χ3n) is 8.02. The van der Waals surface area contributed by atoms with Crippen molar-refractivity contribution in [1.29, 1.82) is 0 Å². The number of unbranched alkanes of at least 4 members (excludes halogenated alkanes) is 1. The molecule has 2 fully saturated rings. The van der Waals surface area contributed by atoms with Gasteiger partial charge in [0, 0.05) is 45.3 Å². The summed E-state index contributed by atoms with van der Waals surface area (Å²) in [5, 5.41) is 8.58. The van der Waals surface area contributed by atoms with Crippen molar-refractivity contribution in [1.82, 2.24) is 20.4 Å². The second-order valence-corrected chi connectivity index (χ2v) is 11.2. The second-order valence-electron chi connectivity index (χ2n) is 11.2. The Morgan fingerprint density at radius 1 is 1.00 bits per heavy atom. The van der Waals surface area contributed by atoms with Crippen molar-refractivity contribution in [3.05, 3.63) is 65.7 Å². The largest absolute Gasteiger partial charge is 0.445 e. The number of piperazine rings is 1. The maximum atomic E-state index is 13.6. The molecule has 42 heavy (non-hydrogen) atoms. The fraction of sp³-hybridized carbons (Fsp3) is 0.500. The SMILES string of the molecule is CCCN1C(=O)[C@H](CCCCNC(=O)OCc2ccccc2)NC(=O)C12CCN(Cc1ccc(NC(C)=O)cc1)CC2. The van der Waals surface area contributed by atoms with E-state index >= 15 is 0 Å². The average Bonchev–Trinajstić information content (AvgIpc) is 2.99. The predicted molar refractivity (Wildman–Crippen MR) is 160 cm³/mol. The Balaban J connectivity index is 1.23. The van der Waals surface area contributed by atoms with Gasteiger partial charge in [0.1, 0.15) is 18.2 Å². The summed E-state index contributed by atoms with van der Waals surface area (Å²) in [4.78, 5) is 54.5. The Hall–Kier alpha value is -3.92. The number of benzene rings is 2. The molecule has 226 valence electrons. The number of ether oxygens (including phenoxy) is 1. The van der Waals surface area contributed by atoms with E-state index in [1.807, 2.05) is 66.4 Å². The highest BCUT2D eigenvalue weighted by molar-refractivity contribution is 6.00. The lowest BCUT2D eigenvalue weighted by atomic mass is 9.81. The molecule has 2 heterocycles. The summed E-state index contributed by atoms with van der Waals surface area (Å²) in [6.45, 7) is 6.91. The first-order valence-electron chi connectivity index (χ1n) is 15.0. The number of carbonyl (C=O) groups is 4. The summed E-state index contributed by atoms with van der Waals surface area (Å²) >= 11 is 0. The van der Waals surface area contributed by atoms with E-state index in [1.54, 1.807) is 0 Å². The van der Waals surface area contributed by atoms with Crippen LogP contribution in [0.4, 0.5) is 10.5 Å². The maximum absolute atomic E-state index is 13.6. The molecule has 0 aliphatic carbocycles. The van der Waals surface area contributed by atoms with E-state index < -0.39 is 17.7 Å². The first-order chi connectivity index (χ1) is 20.3. The Labute approximate surface area is 248 Å². The number of amides is 4. The van der Waals surface area contributed by atoms with Crippen LogP contribution >= 0.6 is 0 Å². The molecule has 0 saturated carbocycles. The minimum Gasteiger partial charge on any atom is -0.445 e. The Morgan fingerprint density at radius 3 is 2.38 bits per heavy atom. The highest BCUT2D eigenvalue weighted by atomic mass is 16.5. The van der Waals surface area contributed by atoms with Gasteiger partial charge in [0.05, 0.1) is 0 Å². The van der Waals surface area contributed by atoms with E-state index in [0.717, 1.165) is 29.8 Å². The maximum Gasteiger partial charge on any atom is 0.407 e. The van der Waals surface area contributed by atoms with Crippen molar-refractivity contribution < 1.29 is 23.9 Å². The molecule has 0 radical (unpaired) electrons. The van der Waals surface area contributed by atoms with E-state index in [-0.39, 0.29) is 24.3 Å². The lowest BCUT2D eigenvalue weighted by Crippen LogP contribution is -2.72. The number of likely N-dealkylation sites (tertiary alicyclic amines) is 1. The van der Waals surface area contributed by atoms with E-state index in [0.29, 0.717) is 58.3 Å². The van der Waals surface area contributed by atoms with Gasteiger partial charge in [0.15, 0.2) is 0 Å². The van der Waals surface area contributed by atoms with Crippen molar-refractivity contribution in [3.63, 3.8) is 0 Å². The van der Waals surface area contributed by atoms with E-state index in [4.69, 9.17) is 4.74 Å². The van der Waals surface area contributed by atoms with Crippen LogP contribution in [-0.4, -0.2) is 71.4 Å². The van der Waals surface area contributed by atoms with Gasteiger partial charge in [-0.25, -0.2) is 4.79 Å². The molecule has 4 amide bonds. The van der Waals surface area contributed by atoms with Crippen LogP contribution in [0.2, 0.25) is 0 Å². The summed E-state index contributed by atoms with van der Waals surface area (Å²) in [5.74, 6) is -0.159. The number of hydrogen-bond acceptors (Lipinski definition) is 6. The molecule has 1 atom stereocenters. The number of anilines is 1. The lowest BCUT2D eigenvalue weighted by Gasteiger charge is -2.51. The van der Waals surface area contributed by atoms with Crippen molar-refractivity contribution in [3.8, 4) is 0 Å². The molecule has 10 heteroatoms. The van der Waals surface area contributed by atoms with Crippen LogP contribution in [0.1, 0.15) is 63.5 Å². The highest BCUT2D eigenvalue weighted by Crippen LogP contribution is 2.34. The van der Waals surface area contributed by atoms with Gasteiger partial charge < -0.3 is 25.6 Å². The number of alkyl carbamates (subject to hydrolysis) is 1. The third-order valence-corrected chi connectivity index (χ3v) is 8.02. The summed E-state index contributed by atoms with van der Waals surface area (Å²) in [7, 11) is 0. The van der Waals surface area contributed by atoms with Gasteiger partial charge in [0.2, 0.25) is 17.7 Å². The second kappa shape index (κ2) is 14.8. The number of nitrogens with one attached hydrogen (secondary N) is 3. The molecule has 0 aromatic heterocycles. The van der Waals surface area contributed by atoms with Crippen molar-refractivity contribution >= 4 is 29.5 Å². The number of carbonyl (C=O) groups excluding carboxylic acids is 4. The van der Waals surface area contributed by atoms with Crippen molar-refractivity contribution in [2.45, 2.75) is 77.1 Å². The molecule has 4 rings (SSSR count). The minimum absolute atomic E-state index is 0.00584. The zero-order chi connectivity index (χ0) is 30.0. The van der Waals surface area contributed by atoms with Crippen molar-refractivity contribution in [2.24, 2.45) is 0 Å². The fourth-order valence-corrected chi connectivity index (χ4v) is 5.79. The molecule has 3 N–H and O–H groups in total. The van der Waals surface area contributed by atoms with Crippen LogP contribution in [0.5, 0.6) is 0 Å². The van der Waals surface area contributed by atoms with E-state index in [9.17, 15) is 19.2 Å². The Bertz CT molecular complexity index is 1210. The Kier molecular flexibility index (Phi) is 10.9. The topological polar surface area (TPSA) is 120 Å². The standard InChI is InChI=1S/C32H43N5O5/c1-3-19-37-29(39)28(11-7-8-18-33-31(41)42-23-26-9-5-4-6-10-26)35-30(40)32(37)16-20-36(21-17-32)22-25-12-14-27(15-13-25)34-24(2)38/h4-6,9-10,12-15,28H,3,7-8,11,16-23H2,1-2H3,(H,33,41)(H,34,38)(H,35,40)/t28-/m0/s1. The molecule has 2 aromatic carbocycles. The summed E-state index contributed by atoms with van der Waals surface area (Å²) in [5.41, 5.74) is 2.02. The zero-order valence-corrected chi connectivity index (χ0v) is 24.7. The first-order valence-corrected chi connectivity index (χ1v) is 15.0. The Morgan fingerprint density at radius 2 is 1.71 bits per heavy atom. The molecule has 1 spiro atoms. The molecule has 0 bridgehead atoms. The van der Waals surface area contributed by atoms with Crippen LogP contribution in [0.15, 0.2) is 54.6 Å². The van der Waals surface area contributed by atoms with Gasteiger partial charge in [-0.15, -0.1) is 0 Å². The zero-order valence-electron chi connectivity index (χ0n) is 24.7. The molecular weight excluding hydrogens is 534 g/mol. The lowest BCUT2D eigenvalue weighted by molar-refractivity contribution is -0.161. The normalized spacial score (nSPS) is 18.4. The number of hydrogen-bond donors (Lipinski definition) is 3. The molecular formula is C32H43N5O5. The summed E-state index contributed by atoms with van der Waals surface area (Å²) < 4.78 is 5.23. The highest BCUT2D eigenvalue weighted by Gasteiger charge is 2.53. The average molecular weight is 578 g/mol. The predicted octanol–water partition coefficient (Wildman–Crippen LogP) is 3.81. The summed E-state index contributed by atoms with van der Waals surface area (Å²) in [6, 6.07) is 16.8. The van der Waals surface area contributed by atoms with Crippen LogP contribution < -0.4 is 16.0 Å². The minimum atomic E-state index is -0.806. The van der Waals surface area contributed by atoms with Crippen LogP contribution in [0, 0.1) is 0 Å². The molecule has 2 saturated heterocycles. The number of piperidine rings is 1. The van der Waals surface area contributed by atoms with E-state index in [2.05, 4.69) is 20.9 Å². The van der Waals surface area contributed by atoms with Gasteiger partial charge in [-0.1, -0.05) is 49.4 Å². The molecule has 0 unspecified atom stereocenters. The monoisotopic (exact) mass is 577 g/mol. The van der Waals surface area contributed by atoms with Gasteiger partial charge in [-0.05, 0) is 61.8 Å². The van der Waals surface area contributed by atoms with Gasteiger partial charge in [-0.3, -0.25) is 19.3 Å². The number of rotatable bonds is 12. The summed E-state index contributed by atoms with van der Waals surface area (Å²) in [6.07, 6.45) is 3.41. The van der Waals surface area contributed by atoms with Crippen LogP contribution in [-0.2, 0) is 32.3 Å². The fourth-order valence-electron chi connectivity index (χ4n) is 5.79. The van der Waals surface area contributed by atoms with Crippen LogP contribution in [0.3, 0.4) is 0 Å². The van der Waals surface area contributed by atoms with Crippen molar-refractivity contribution in [2.75, 3.05) is 31.5 Å². The van der Waals surface area contributed by atoms with Crippen LogP contribution in [0.25, 0.3) is 0 Å². The molecule has 10 nitrogen and oxygen atoms in total. The first kappa shape index (κ1) is 31.0. The molecule has 2 aromatic rings. The molecule has 2 aliphatic heterocycles. The third kappa shape index (κ3) is 8.09. The van der Waals surface area contributed by atoms with Gasteiger partial charge >= 0.3 is 6.09 Å². The quantitative estimate of drug-likeness (QED) is 0.330. The number of nitrogens with zero attached hydrogens (tertiary/aromatic N) is 2. The smallest absolute Gasteiger partial charge is 0.407 e. The van der Waals surface area contributed by atoms with E-state index in [1.165, 1.54) is 6.92 Å². The van der Waals surface area contributed by atoms with Gasteiger partial charge in [-0.2, -0.15) is 0 Å². The van der Waals surface area contributed by atoms with Gasteiger partial charge in [0.25, 0.3) is 0 Å². The molecule has 2 aliphatic rings.